The number of terminal acetylenes is 1. The molecule has 0 amide bonds. The molecule has 0 spiro atoms. The number of rotatable bonds is 2. The van der Waals surface area contributed by atoms with E-state index in [1.807, 2.05) is 60.7 Å². The summed E-state index contributed by atoms with van der Waals surface area (Å²) in [5, 5.41) is 0. The fraction of sp³-hybridized carbons (Fsp3) is 0.0435. The van der Waals surface area contributed by atoms with Crippen molar-refractivity contribution in [2.45, 2.75) is 6.61 Å². The second kappa shape index (κ2) is 10.3. The minimum absolute atomic E-state index is 0.135. The number of halogens is 2. The van der Waals surface area contributed by atoms with Crippen molar-refractivity contribution in [3.63, 3.8) is 0 Å². The molecule has 0 aromatic heterocycles. The average molecular weight is 346 g/mol. The van der Waals surface area contributed by atoms with Gasteiger partial charge < -0.3 is 4.74 Å². The van der Waals surface area contributed by atoms with E-state index < -0.39 is 6.61 Å². The largest absolute Gasteiger partial charge is 0.435 e. The summed E-state index contributed by atoms with van der Waals surface area (Å²) < 4.78 is 28.1. The van der Waals surface area contributed by atoms with Crippen molar-refractivity contribution in [3.8, 4) is 29.9 Å². The van der Waals surface area contributed by atoms with Gasteiger partial charge in [0.25, 0.3) is 0 Å². The third-order valence-electron chi connectivity index (χ3n) is 3.14. The van der Waals surface area contributed by atoms with Crippen LogP contribution in [0.15, 0.2) is 84.9 Å². The maximum absolute atomic E-state index is 11.9. The van der Waals surface area contributed by atoms with E-state index in [1.165, 1.54) is 12.1 Å². The first kappa shape index (κ1) is 18.8. The number of hydrogen-bond acceptors (Lipinski definition) is 1. The quantitative estimate of drug-likeness (QED) is 0.568. The van der Waals surface area contributed by atoms with E-state index in [4.69, 9.17) is 6.42 Å². The molecule has 0 fully saturated rings. The molecule has 128 valence electrons. The Labute approximate surface area is 152 Å². The lowest BCUT2D eigenvalue weighted by Crippen LogP contribution is -2.01. The zero-order chi connectivity index (χ0) is 18.6. The zero-order valence-corrected chi connectivity index (χ0v) is 13.9. The van der Waals surface area contributed by atoms with Gasteiger partial charge >= 0.3 is 6.61 Å². The minimum atomic E-state index is -2.80. The number of alkyl halides is 2. The summed E-state index contributed by atoms with van der Waals surface area (Å²) in [6.45, 7) is -2.80. The summed E-state index contributed by atoms with van der Waals surface area (Å²) in [4.78, 5) is 0. The molecule has 3 aromatic carbocycles. The number of hydrogen-bond donors (Lipinski definition) is 0. The van der Waals surface area contributed by atoms with Crippen LogP contribution in [0.2, 0.25) is 0 Å². The smallest absolute Gasteiger partial charge is 0.387 e. The van der Waals surface area contributed by atoms with Gasteiger partial charge in [-0.2, -0.15) is 8.78 Å². The SMILES string of the molecule is C#Cc1ccccc1.FC(F)Oc1ccc(C#Cc2ccccc2)cc1. The van der Waals surface area contributed by atoms with E-state index in [2.05, 4.69) is 22.5 Å². The monoisotopic (exact) mass is 346 g/mol. The van der Waals surface area contributed by atoms with Crippen molar-refractivity contribution in [3.05, 3.63) is 102 Å². The highest BCUT2D eigenvalue weighted by Crippen LogP contribution is 2.14. The van der Waals surface area contributed by atoms with Crippen LogP contribution in [0.1, 0.15) is 16.7 Å². The maximum Gasteiger partial charge on any atom is 0.387 e. The fourth-order valence-corrected chi connectivity index (χ4v) is 1.92. The zero-order valence-electron chi connectivity index (χ0n) is 13.9. The lowest BCUT2D eigenvalue weighted by Gasteiger charge is -2.02. The van der Waals surface area contributed by atoms with Gasteiger partial charge in [-0.15, -0.1) is 6.42 Å². The molecule has 0 saturated carbocycles. The topological polar surface area (TPSA) is 9.23 Å². The average Bonchev–Trinajstić information content (AvgIpc) is 2.69. The summed E-state index contributed by atoms with van der Waals surface area (Å²) in [6.07, 6.45) is 5.10. The van der Waals surface area contributed by atoms with Crippen molar-refractivity contribution in [2.24, 2.45) is 0 Å². The Hall–Kier alpha value is -3.56. The standard InChI is InChI=1S/C15H10F2O.C8H6/c16-15(17)18-14-10-8-13(9-11-14)7-6-12-4-2-1-3-5-12;1-2-8-6-4-3-5-7-8/h1-5,8-11,15H;1,3-7H. The summed E-state index contributed by atoms with van der Waals surface area (Å²) in [5.41, 5.74) is 2.60. The summed E-state index contributed by atoms with van der Waals surface area (Å²) in [7, 11) is 0. The molecule has 0 N–H and O–H groups in total. The second-order valence-corrected chi connectivity index (χ2v) is 5.03. The van der Waals surface area contributed by atoms with Crippen LogP contribution in [0.25, 0.3) is 0 Å². The summed E-state index contributed by atoms with van der Waals surface area (Å²) >= 11 is 0. The molecule has 3 rings (SSSR count). The van der Waals surface area contributed by atoms with Crippen molar-refractivity contribution >= 4 is 0 Å². The molecule has 0 aliphatic heterocycles. The molecule has 0 unspecified atom stereocenters. The molecule has 0 aliphatic carbocycles. The van der Waals surface area contributed by atoms with Crippen LogP contribution in [-0.2, 0) is 0 Å². The molecular weight excluding hydrogens is 330 g/mol. The van der Waals surface area contributed by atoms with Gasteiger partial charge in [-0.25, -0.2) is 0 Å². The van der Waals surface area contributed by atoms with E-state index in [9.17, 15) is 8.78 Å². The van der Waals surface area contributed by atoms with Crippen molar-refractivity contribution in [1.82, 2.24) is 0 Å². The highest BCUT2D eigenvalue weighted by Gasteiger charge is 2.02. The van der Waals surface area contributed by atoms with E-state index in [1.54, 1.807) is 12.1 Å². The molecule has 3 heteroatoms. The predicted molar refractivity (Wildman–Crippen MR) is 99.9 cm³/mol. The molecule has 1 nitrogen and oxygen atoms in total. The van der Waals surface area contributed by atoms with Crippen LogP contribution in [-0.4, -0.2) is 6.61 Å². The van der Waals surface area contributed by atoms with Gasteiger partial charge in [-0.1, -0.05) is 54.2 Å². The van der Waals surface area contributed by atoms with Crippen LogP contribution in [0, 0.1) is 24.2 Å². The highest BCUT2D eigenvalue weighted by molar-refractivity contribution is 5.44. The highest BCUT2D eigenvalue weighted by atomic mass is 19.3. The number of ether oxygens (including phenoxy) is 1. The Kier molecular flexibility index (Phi) is 7.46. The Balaban J connectivity index is 0.000000254. The molecule has 0 saturated heterocycles. The molecular formula is C23H16F2O. The lowest BCUT2D eigenvalue weighted by molar-refractivity contribution is -0.0498. The molecule has 0 atom stereocenters. The van der Waals surface area contributed by atoms with Crippen molar-refractivity contribution in [1.29, 1.82) is 0 Å². The summed E-state index contributed by atoms with van der Waals surface area (Å²) in [6, 6.07) is 25.4. The van der Waals surface area contributed by atoms with Gasteiger partial charge in [-0.05, 0) is 48.5 Å². The van der Waals surface area contributed by atoms with E-state index in [-0.39, 0.29) is 5.75 Å². The van der Waals surface area contributed by atoms with Gasteiger partial charge in [-0.3, -0.25) is 0 Å². The van der Waals surface area contributed by atoms with Gasteiger partial charge in [0.1, 0.15) is 5.75 Å². The van der Waals surface area contributed by atoms with Crippen LogP contribution < -0.4 is 4.74 Å². The third-order valence-corrected chi connectivity index (χ3v) is 3.14. The minimum Gasteiger partial charge on any atom is -0.435 e. The van der Waals surface area contributed by atoms with Gasteiger partial charge in [0, 0.05) is 16.7 Å². The van der Waals surface area contributed by atoms with E-state index in [0.717, 1.165) is 16.7 Å². The Bertz CT molecular complexity index is 884. The third kappa shape index (κ3) is 6.91. The Morgan fingerprint density at radius 1 is 0.654 bits per heavy atom. The first-order valence-corrected chi connectivity index (χ1v) is 7.81. The van der Waals surface area contributed by atoms with E-state index >= 15 is 0 Å². The Morgan fingerprint density at radius 2 is 1.12 bits per heavy atom. The van der Waals surface area contributed by atoms with Crippen LogP contribution in [0.3, 0.4) is 0 Å². The van der Waals surface area contributed by atoms with Gasteiger partial charge in [0.05, 0.1) is 0 Å². The van der Waals surface area contributed by atoms with Crippen LogP contribution >= 0.6 is 0 Å². The lowest BCUT2D eigenvalue weighted by atomic mass is 10.2. The number of benzene rings is 3. The first-order chi connectivity index (χ1) is 12.7. The van der Waals surface area contributed by atoms with E-state index in [0.29, 0.717) is 0 Å². The normalized spacial score (nSPS) is 9.15. The summed E-state index contributed by atoms with van der Waals surface area (Å²) in [5.74, 6) is 8.59. The van der Waals surface area contributed by atoms with Gasteiger partial charge in [0.15, 0.2) is 0 Å². The molecule has 26 heavy (non-hydrogen) atoms. The molecule has 0 heterocycles. The van der Waals surface area contributed by atoms with Crippen LogP contribution in [0.4, 0.5) is 8.78 Å². The molecule has 3 aromatic rings. The molecule has 0 bridgehead atoms. The van der Waals surface area contributed by atoms with Crippen molar-refractivity contribution < 1.29 is 13.5 Å². The Morgan fingerprint density at radius 3 is 1.54 bits per heavy atom. The van der Waals surface area contributed by atoms with Crippen molar-refractivity contribution in [2.75, 3.05) is 0 Å². The maximum atomic E-state index is 11.9. The van der Waals surface area contributed by atoms with Gasteiger partial charge in [0.2, 0.25) is 0 Å². The second-order valence-electron chi connectivity index (χ2n) is 5.03. The molecule has 0 aliphatic rings. The molecule has 0 radical (unpaired) electrons. The predicted octanol–water partition coefficient (Wildman–Crippen LogP) is 5.36. The fourth-order valence-electron chi connectivity index (χ4n) is 1.92. The first-order valence-electron chi connectivity index (χ1n) is 7.81. The van der Waals surface area contributed by atoms with Crippen LogP contribution in [0.5, 0.6) is 5.75 Å².